The summed E-state index contributed by atoms with van der Waals surface area (Å²) in [6, 6.07) is 6.86. The Hall–Kier alpha value is -1.44. The predicted octanol–water partition coefficient (Wildman–Crippen LogP) is 3.23. The molecule has 7 heteroatoms. The Balaban J connectivity index is 2.03. The van der Waals surface area contributed by atoms with Gasteiger partial charge >= 0.3 is 0 Å². The van der Waals surface area contributed by atoms with Gasteiger partial charge in [0.15, 0.2) is 0 Å². The zero-order chi connectivity index (χ0) is 22.1. The number of hydrogen-bond donors (Lipinski definition) is 0. The van der Waals surface area contributed by atoms with Crippen molar-refractivity contribution in [1.82, 2.24) is 14.1 Å². The molecule has 6 nitrogen and oxygen atoms in total. The molecule has 0 saturated carbocycles. The van der Waals surface area contributed by atoms with Crippen molar-refractivity contribution in [2.24, 2.45) is 5.92 Å². The topological polar surface area (TPSA) is 60.9 Å². The van der Waals surface area contributed by atoms with Gasteiger partial charge in [-0.1, -0.05) is 46.2 Å². The van der Waals surface area contributed by atoms with Gasteiger partial charge in [-0.2, -0.15) is 4.31 Å². The number of likely N-dealkylation sites (N-methyl/N-ethyl adjacent to an activating group) is 1. The minimum atomic E-state index is -3.43. The monoisotopic (exact) mass is 437 g/mol. The Bertz CT molecular complexity index is 752. The summed E-state index contributed by atoms with van der Waals surface area (Å²) in [5, 5.41) is 0. The van der Waals surface area contributed by atoms with E-state index < -0.39 is 10.0 Å². The van der Waals surface area contributed by atoms with E-state index in [4.69, 9.17) is 0 Å². The van der Waals surface area contributed by atoms with E-state index in [0.29, 0.717) is 30.3 Å². The summed E-state index contributed by atoms with van der Waals surface area (Å²) in [4.78, 5) is 17.5. The zero-order valence-electron chi connectivity index (χ0n) is 19.1. The summed E-state index contributed by atoms with van der Waals surface area (Å²) in [5.41, 5.74) is 0.856. The molecule has 0 spiro atoms. The van der Waals surface area contributed by atoms with E-state index in [-0.39, 0.29) is 5.91 Å². The number of carbonyl (C=O) groups is 1. The van der Waals surface area contributed by atoms with Crippen LogP contribution in [0.4, 0.5) is 0 Å². The highest BCUT2D eigenvalue weighted by Crippen LogP contribution is 2.21. The second kappa shape index (κ2) is 11.8. The quantitative estimate of drug-likeness (QED) is 0.533. The number of hydrogen-bond acceptors (Lipinski definition) is 4. The van der Waals surface area contributed by atoms with Gasteiger partial charge in [0.2, 0.25) is 15.9 Å². The zero-order valence-corrected chi connectivity index (χ0v) is 20.0. The molecule has 2 rings (SSSR count). The average Bonchev–Trinajstić information content (AvgIpc) is 2.74. The number of carbonyl (C=O) groups excluding carboxylic acids is 1. The Morgan fingerprint density at radius 2 is 1.60 bits per heavy atom. The highest BCUT2D eigenvalue weighted by atomic mass is 32.2. The van der Waals surface area contributed by atoms with E-state index >= 15 is 0 Å². The molecule has 0 aliphatic carbocycles. The van der Waals surface area contributed by atoms with Crippen LogP contribution in [0.5, 0.6) is 0 Å². The third-order valence-corrected chi connectivity index (χ3v) is 7.66. The van der Waals surface area contributed by atoms with Gasteiger partial charge in [0.1, 0.15) is 0 Å². The van der Waals surface area contributed by atoms with Gasteiger partial charge in [-0.05, 0) is 49.5 Å². The third-order valence-electron chi connectivity index (χ3n) is 5.75. The number of piperidine rings is 1. The van der Waals surface area contributed by atoms with Crippen LogP contribution in [0.1, 0.15) is 52.5 Å². The summed E-state index contributed by atoms with van der Waals surface area (Å²) in [7, 11) is -3.43. The van der Waals surface area contributed by atoms with Crippen LogP contribution in [0, 0.1) is 5.92 Å². The van der Waals surface area contributed by atoms with Crippen LogP contribution in [0.3, 0.4) is 0 Å². The molecule has 0 atom stereocenters. The lowest BCUT2D eigenvalue weighted by molar-refractivity contribution is -0.131. The van der Waals surface area contributed by atoms with E-state index in [9.17, 15) is 13.2 Å². The van der Waals surface area contributed by atoms with Gasteiger partial charge < -0.3 is 9.80 Å². The van der Waals surface area contributed by atoms with E-state index in [1.54, 1.807) is 28.6 Å². The molecule has 1 aliphatic rings. The number of nitrogens with zero attached hydrogens (tertiary/aromatic N) is 3. The van der Waals surface area contributed by atoms with Crippen molar-refractivity contribution in [3.05, 3.63) is 29.8 Å². The molecule has 0 bridgehead atoms. The Labute approximate surface area is 183 Å². The van der Waals surface area contributed by atoms with Gasteiger partial charge in [-0.25, -0.2) is 8.42 Å². The van der Waals surface area contributed by atoms with Crippen LogP contribution >= 0.6 is 0 Å². The van der Waals surface area contributed by atoms with Gasteiger partial charge in [0, 0.05) is 32.7 Å². The first-order valence-corrected chi connectivity index (χ1v) is 12.8. The molecular weight excluding hydrogens is 398 g/mol. The van der Waals surface area contributed by atoms with Gasteiger partial charge in [0.25, 0.3) is 0 Å². The van der Waals surface area contributed by atoms with Crippen LogP contribution in [-0.2, 0) is 21.2 Å². The third kappa shape index (κ3) is 7.06. The molecule has 1 heterocycles. The van der Waals surface area contributed by atoms with Gasteiger partial charge in [0.05, 0.1) is 11.3 Å². The molecule has 1 aliphatic heterocycles. The summed E-state index contributed by atoms with van der Waals surface area (Å²) >= 11 is 0. The minimum absolute atomic E-state index is 0.0995. The number of sulfonamides is 1. The molecule has 1 fully saturated rings. The maximum atomic E-state index is 12.9. The Kier molecular flexibility index (Phi) is 9.78. The van der Waals surface area contributed by atoms with Crippen molar-refractivity contribution in [3.63, 3.8) is 0 Å². The summed E-state index contributed by atoms with van der Waals surface area (Å²) in [5.74, 6) is 0.505. The first-order valence-electron chi connectivity index (χ1n) is 11.4. The number of rotatable bonds is 11. The van der Waals surface area contributed by atoms with Gasteiger partial charge in [-0.15, -0.1) is 0 Å². The summed E-state index contributed by atoms with van der Waals surface area (Å²) in [6.07, 6.45) is 3.24. The smallest absolute Gasteiger partial charge is 0.243 e. The molecule has 30 heavy (non-hydrogen) atoms. The molecule has 1 amide bonds. The molecular formula is C23H39N3O3S. The first-order chi connectivity index (χ1) is 14.3. The van der Waals surface area contributed by atoms with Crippen molar-refractivity contribution in [2.45, 2.75) is 58.3 Å². The van der Waals surface area contributed by atoms with Crippen molar-refractivity contribution >= 4 is 15.9 Å². The predicted molar refractivity (Wildman–Crippen MR) is 122 cm³/mol. The molecule has 0 radical (unpaired) electrons. The summed E-state index contributed by atoms with van der Waals surface area (Å²) < 4.78 is 27.2. The summed E-state index contributed by atoms with van der Waals surface area (Å²) in [6.45, 7) is 14.0. The van der Waals surface area contributed by atoms with E-state index in [2.05, 4.69) is 32.6 Å². The molecule has 170 valence electrons. The average molecular weight is 438 g/mol. The van der Waals surface area contributed by atoms with Crippen molar-refractivity contribution in [3.8, 4) is 0 Å². The van der Waals surface area contributed by atoms with Gasteiger partial charge in [-0.3, -0.25) is 4.79 Å². The largest absolute Gasteiger partial charge is 0.341 e. The highest BCUT2D eigenvalue weighted by Gasteiger charge is 2.26. The standard InChI is InChI=1S/C23H39N3O3S/c1-5-24(6-2)16-17-25(19-20(3)4)23(27)18-21-10-12-22(13-11-21)30(28,29)26-14-8-7-9-15-26/h10-13,20H,5-9,14-19H2,1-4H3. The van der Waals surface area contributed by atoms with E-state index in [0.717, 1.165) is 57.5 Å². The minimum Gasteiger partial charge on any atom is -0.341 e. The molecule has 1 aromatic carbocycles. The molecule has 1 aromatic rings. The van der Waals surface area contributed by atoms with Crippen LogP contribution < -0.4 is 0 Å². The Morgan fingerprint density at radius 3 is 2.13 bits per heavy atom. The fourth-order valence-electron chi connectivity index (χ4n) is 3.88. The highest BCUT2D eigenvalue weighted by molar-refractivity contribution is 7.89. The van der Waals surface area contributed by atoms with Crippen molar-refractivity contribution in [1.29, 1.82) is 0 Å². The number of amides is 1. The second-order valence-corrected chi connectivity index (χ2v) is 10.5. The first kappa shape index (κ1) is 24.8. The van der Waals surface area contributed by atoms with Crippen molar-refractivity contribution < 1.29 is 13.2 Å². The maximum Gasteiger partial charge on any atom is 0.243 e. The lowest BCUT2D eigenvalue weighted by Crippen LogP contribution is -2.41. The SMILES string of the molecule is CCN(CC)CCN(CC(C)C)C(=O)Cc1ccc(S(=O)(=O)N2CCCCC2)cc1. The van der Waals surface area contributed by atoms with Crippen LogP contribution in [0.15, 0.2) is 29.2 Å². The molecule has 0 N–H and O–H groups in total. The Morgan fingerprint density at radius 1 is 1.00 bits per heavy atom. The lowest BCUT2D eigenvalue weighted by Gasteiger charge is -2.28. The van der Waals surface area contributed by atoms with E-state index in [1.807, 2.05) is 4.90 Å². The number of benzene rings is 1. The fourth-order valence-corrected chi connectivity index (χ4v) is 5.40. The normalized spacial score (nSPS) is 15.7. The van der Waals surface area contributed by atoms with Crippen LogP contribution in [0.2, 0.25) is 0 Å². The molecule has 0 aromatic heterocycles. The van der Waals surface area contributed by atoms with Crippen LogP contribution in [-0.4, -0.2) is 74.2 Å². The molecule has 0 unspecified atom stereocenters. The fraction of sp³-hybridized carbons (Fsp3) is 0.696. The maximum absolute atomic E-state index is 12.9. The lowest BCUT2D eigenvalue weighted by atomic mass is 10.1. The van der Waals surface area contributed by atoms with Crippen molar-refractivity contribution in [2.75, 3.05) is 45.8 Å². The molecule has 1 saturated heterocycles. The second-order valence-electron chi connectivity index (χ2n) is 8.55. The van der Waals surface area contributed by atoms with E-state index in [1.165, 1.54) is 0 Å². The van der Waals surface area contributed by atoms with Crippen LogP contribution in [0.25, 0.3) is 0 Å².